The summed E-state index contributed by atoms with van der Waals surface area (Å²) in [6.07, 6.45) is 0. The van der Waals surface area contributed by atoms with E-state index in [1.54, 1.807) is 6.07 Å². The van der Waals surface area contributed by atoms with Crippen LogP contribution in [0.3, 0.4) is 0 Å². The van der Waals surface area contributed by atoms with Crippen LogP contribution in [0.2, 0.25) is 5.02 Å². The summed E-state index contributed by atoms with van der Waals surface area (Å²) in [7, 11) is 0. The first kappa shape index (κ1) is 10.8. The minimum Gasteiger partial charge on any atom is -0.508 e. The number of phenolic OH excluding ortho intramolecular Hbond substituents is 2. The first-order valence-corrected chi connectivity index (χ1v) is 4.92. The van der Waals surface area contributed by atoms with Crippen LogP contribution in [0.25, 0.3) is 11.1 Å². The zero-order valence-electron chi connectivity index (χ0n) is 8.11. The van der Waals surface area contributed by atoms with Crippen molar-refractivity contribution in [1.29, 1.82) is 0 Å². The van der Waals surface area contributed by atoms with Crippen molar-refractivity contribution < 1.29 is 14.6 Å². The normalized spacial score (nSPS) is 10.4. The Morgan fingerprint density at radius 3 is 1.94 bits per heavy atom. The molecule has 2 rings (SSSR count). The van der Waals surface area contributed by atoms with Crippen molar-refractivity contribution in [2.75, 3.05) is 0 Å². The lowest BCUT2D eigenvalue weighted by molar-refractivity contribution is 0.469. The molecular weight excluding hydrogens is 231 g/mol. The second-order valence-corrected chi connectivity index (χ2v) is 3.83. The molecule has 0 amide bonds. The summed E-state index contributed by atoms with van der Waals surface area (Å²) < 4.78 is 13.1. The molecule has 0 aromatic heterocycles. The van der Waals surface area contributed by atoms with Gasteiger partial charge in [-0.3, -0.25) is 0 Å². The molecule has 0 unspecified atom stereocenters. The predicted octanol–water partition coefficient (Wildman–Crippen LogP) is 3.56. The highest BCUT2D eigenvalue weighted by Gasteiger charge is 2.05. The van der Waals surface area contributed by atoms with E-state index >= 15 is 0 Å². The Labute approximate surface area is 96.5 Å². The van der Waals surface area contributed by atoms with Crippen LogP contribution in [0, 0.1) is 5.82 Å². The van der Waals surface area contributed by atoms with Gasteiger partial charge in [-0.2, -0.15) is 0 Å². The topological polar surface area (TPSA) is 40.5 Å². The first-order valence-electron chi connectivity index (χ1n) is 4.54. The fourth-order valence-electron chi connectivity index (χ4n) is 1.48. The van der Waals surface area contributed by atoms with Crippen LogP contribution in [0.1, 0.15) is 0 Å². The number of phenols is 2. The van der Waals surface area contributed by atoms with Crippen molar-refractivity contribution in [1.82, 2.24) is 0 Å². The van der Waals surface area contributed by atoms with Crippen LogP contribution in [0.15, 0.2) is 36.4 Å². The SMILES string of the molecule is Oc1cc(F)cc(-c2cc(O)cc(Cl)c2)c1. The maximum Gasteiger partial charge on any atom is 0.127 e. The summed E-state index contributed by atoms with van der Waals surface area (Å²) in [5.41, 5.74) is 0.995. The molecule has 0 spiro atoms. The minimum absolute atomic E-state index is 0.00810. The molecule has 2 aromatic rings. The Morgan fingerprint density at radius 1 is 0.812 bits per heavy atom. The monoisotopic (exact) mass is 238 g/mol. The van der Waals surface area contributed by atoms with E-state index in [2.05, 4.69) is 0 Å². The van der Waals surface area contributed by atoms with Crippen LogP contribution in [0.4, 0.5) is 4.39 Å². The summed E-state index contributed by atoms with van der Waals surface area (Å²) in [5, 5.41) is 19.0. The fourth-order valence-corrected chi connectivity index (χ4v) is 1.71. The Kier molecular flexibility index (Phi) is 2.71. The molecule has 0 heterocycles. The van der Waals surface area contributed by atoms with Crippen molar-refractivity contribution >= 4 is 11.6 Å². The van der Waals surface area contributed by atoms with Crippen molar-refractivity contribution in [2.45, 2.75) is 0 Å². The Hall–Kier alpha value is -1.74. The maximum absolute atomic E-state index is 13.1. The lowest BCUT2D eigenvalue weighted by atomic mass is 10.1. The van der Waals surface area contributed by atoms with Gasteiger partial charge in [0.2, 0.25) is 0 Å². The minimum atomic E-state index is -0.547. The van der Waals surface area contributed by atoms with Gasteiger partial charge in [-0.25, -0.2) is 4.39 Å². The van der Waals surface area contributed by atoms with Gasteiger partial charge in [0, 0.05) is 11.1 Å². The van der Waals surface area contributed by atoms with Gasteiger partial charge in [0.25, 0.3) is 0 Å². The molecule has 4 heteroatoms. The highest BCUT2D eigenvalue weighted by Crippen LogP contribution is 2.30. The molecule has 0 aliphatic rings. The summed E-state index contributed by atoms with van der Waals surface area (Å²) in [6, 6.07) is 8.06. The zero-order valence-corrected chi connectivity index (χ0v) is 8.87. The number of aromatic hydroxyl groups is 2. The molecule has 2 N–H and O–H groups in total. The van der Waals surface area contributed by atoms with Crippen LogP contribution < -0.4 is 0 Å². The molecule has 82 valence electrons. The molecule has 2 aromatic carbocycles. The lowest BCUT2D eigenvalue weighted by Gasteiger charge is -2.04. The molecule has 0 aliphatic heterocycles. The van der Waals surface area contributed by atoms with Gasteiger partial charge in [-0.05, 0) is 41.5 Å². The average molecular weight is 239 g/mol. The van der Waals surface area contributed by atoms with E-state index in [4.69, 9.17) is 11.6 Å². The maximum atomic E-state index is 13.1. The lowest BCUT2D eigenvalue weighted by Crippen LogP contribution is -1.81. The molecular formula is C12H8ClFO2. The Bertz CT molecular complexity index is 451. The predicted molar refractivity (Wildman–Crippen MR) is 60.2 cm³/mol. The molecule has 16 heavy (non-hydrogen) atoms. The Morgan fingerprint density at radius 2 is 1.38 bits per heavy atom. The molecule has 0 bridgehead atoms. The van der Waals surface area contributed by atoms with Crippen molar-refractivity contribution in [3.8, 4) is 22.6 Å². The number of benzene rings is 2. The molecule has 0 atom stereocenters. The summed E-state index contributed by atoms with van der Waals surface area (Å²) in [5.74, 6) is -0.727. The number of hydrogen-bond donors (Lipinski definition) is 2. The second-order valence-electron chi connectivity index (χ2n) is 3.40. The van der Waals surface area contributed by atoms with Gasteiger partial charge in [0.05, 0.1) is 0 Å². The standard InChI is InChI=1S/C12H8ClFO2/c13-9-1-7(3-11(15)5-9)8-2-10(14)6-12(16)4-8/h1-6,15-16H. The van der Waals surface area contributed by atoms with Gasteiger partial charge < -0.3 is 10.2 Å². The van der Waals surface area contributed by atoms with Crippen molar-refractivity contribution in [3.63, 3.8) is 0 Å². The summed E-state index contributed by atoms with van der Waals surface area (Å²) in [6.45, 7) is 0. The third-order valence-electron chi connectivity index (χ3n) is 2.10. The largest absolute Gasteiger partial charge is 0.508 e. The van der Waals surface area contributed by atoms with Gasteiger partial charge in [0.15, 0.2) is 0 Å². The highest BCUT2D eigenvalue weighted by molar-refractivity contribution is 6.31. The number of halogens is 2. The van der Waals surface area contributed by atoms with Crippen LogP contribution in [-0.2, 0) is 0 Å². The van der Waals surface area contributed by atoms with Crippen molar-refractivity contribution in [2.24, 2.45) is 0 Å². The van der Waals surface area contributed by atoms with Gasteiger partial charge in [-0.1, -0.05) is 11.6 Å². The van der Waals surface area contributed by atoms with E-state index in [9.17, 15) is 14.6 Å². The van der Waals surface area contributed by atoms with E-state index < -0.39 is 5.82 Å². The quantitative estimate of drug-likeness (QED) is 0.798. The zero-order chi connectivity index (χ0) is 11.7. The molecule has 0 saturated carbocycles. The van der Waals surface area contributed by atoms with E-state index in [0.29, 0.717) is 16.1 Å². The smallest absolute Gasteiger partial charge is 0.127 e. The van der Waals surface area contributed by atoms with E-state index in [1.807, 2.05) is 0 Å². The van der Waals surface area contributed by atoms with Gasteiger partial charge >= 0.3 is 0 Å². The van der Waals surface area contributed by atoms with E-state index in [-0.39, 0.29) is 11.5 Å². The van der Waals surface area contributed by atoms with Crippen LogP contribution in [-0.4, -0.2) is 10.2 Å². The van der Waals surface area contributed by atoms with Crippen LogP contribution >= 0.6 is 11.6 Å². The molecule has 0 aliphatic carbocycles. The third kappa shape index (κ3) is 2.25. The molecule has 2 nitrogen and oxygen atoms in total. The fraction of sp³-hybridized carbons (Fsp3) is 0. The molecule has 0 saturated heterocycles. The third-order valence-corrected chi connectivity index (χ3v) is 2.32. The van der Waals surface area contributed by atoms with Crippen LogP contribution in [0.5, 0.6) is 11.5 Å². The first-order chi connectivity index (χ1) is 7.54. The summed E-state index contributed by atoms with van der Waals surface area (Å²) >= 11 is 5.76. The number of hydrogen-bond acceptors (Lipinski definition) is 2. The van der Waals surface area contributed by atoms with Gasteiger partial charge in [0.1, 0.15) is 17.3 Å². The second kappa shape index (κ2) is 4.02. The summed E-state index contributed by atoms with van der Waals surface area (Å²) in [4.78, 5) is 0. The van der Waals surface area contributed by atoms with Crippen molar-refractivity contribution in [3.05, 3.63) is 47.2 Å². The van der Waals surface area contributed by atoms with Gasteiger partial charge in [-0.15, -0.1) is 0 Å². The highest BCUT2D eigenvalue weighted by atomic mass is 35.5. The average Bonchev–Trinajstić information content (AvgIpc) is 2.14. The molecule has 0 fully saturated rings. The number of rotatable bonds is 1. The Balaban J connectivity index is 2.57. The van der Waals surface area contributed by atoms with E-state index in [1.165, 1.54) is 24.3 Å². The molecule has 0 radical (unpaired) electrons. The van der Waals surface area contributed by atoms with E-state index in [0.717, 1.165) is 6.07 Å².